The fourth-order valence-corrected chi connectivity index (χ4v) is 0. The van der Waals surface area contributed by atoms with Crippen LogP contribution in [-0.2, 0) is 21.3 Å². The van der Waals surface area contributed by atoms with Crippen molar-refractivity contribution >= 4 is 19.2 Å². The Balaban J connectivity index is -0.000000000833. The third-order valence-electron chi connectivity index (χ3n) is 0. The Morgan fingerprint density at radius 1 is 1.40 bits per heavy atom. The molecule has 1 nitrogen and oxygen atoms in total. The van der Waals surface area contributed by atoms with Crippen molar-refractivity contribution in [2.45, 2.75) is 0 Å². The zero-order valence-electron chi connectivity index (χ0n) is 3.84. The van der Waals surface area contributed by atoms with Crippen molar-refractivity contribution < 1.29 is 52.3 Å². The molecular formula is CH4ClNaNiO. The Morgan fingerprint density at radius 2 is 1.40 bits per heavy atom. The van der Waals surface area contributed by atoms with Crippen molar-refractivity contribution in [3.8, 4) is 0 Å². The standard InChI is InChI=1S/CH2O.ClH.Na.Ni.H/c1-2;;;;/h1H2;1H;;;/q;;+1;;-1. The maximum Gasteiger partial charge on any atom is 1.00 e. The minimum absolute atomic E-state index is 0. The molecule has 0 aromatic rings. The fourth-order valence-electron chi connectivity index (χ4n) is 0. The van der Waals surface area contributed by atoms with Crippen LogP contribution in [0.3, 0.4) is 0 Å². The summed E-state index contributed by atoms with van der Waals surface area (Å²) in [6, 6.07) is 0. The van der Waals surface area contributed by atoms with E-state index in [9.17, 15) is 0 Å². The molecule has 0 N–H and O–H groups in total. The summed E-state index contributed by atoms with van der Waals surface area (Å²) >= 11 is 0. The topological polar surface area (TPSA) is 17.1 Å². The molecule has 0 aromatic heterocycles. The molecular weight excluding hydrogens is 145 g/mol. The molecule has 0 aliphatic rings. The molecule has 0 bridgehead atoms. The number of carbonyl (C=O) groups excluding carboxylic acids is 1. The van der Waals surface area contributed by atoms with Gasteiger partial charge in [0.2, 0.25) is 0 Å². The Hall–Kier alpha value is 1.45. The third kappa shape index (κ3) is 30.8. The van der Waals surface area contributed by atoms with Crippen LogP contribution in [0.1, 0.15) is 1.43 Å². The van der Waals surface area contributed by atoms with Crippen LogP contribution < -0.4 is 29.6 Å². The van der Waals surface area contributed by atoms with Gasteiger partial charge >= 0.3 is 29.6 Å². The second-order valence-corrected chi connectivity index (χ2v) is 0. The van der Waals surface area contributed by atoms with E-state index >= 15 is 0 Å². The molecule has 5 heavy (non-hydrogen) atoms. The van der Waals surface area contributed by atoms with Crippen LogP contribution in [0.4, 0.5) is 0 Å². The molecule has 0 amide bonds. The summed E-state index contributed by atoms with van der Waals surface area (Å²) in [4.78, 5) is 8.00. The van der Waals surface area contributed by atoms with Gasteiger partial charge in [-0.3, -0.25) is 0 Å². The van der Waals surface area contributed by atoms with Crippen LogP contribution in [0.15, 0.2) is 0 Å². The minimum Gasteiger partial charge on any atom is -1.00 e. The number of hydrogen-bond acceptors (Lipinski definition) is 1. The molecule has 0 aliphatic carbocycles. The molecule has 0 aliphatic heterocycles. The molecule has 0 atom stereocenters. The van der Waals surface area contributed by atoms with Gasteiger partial charge in [-0.1, -0.05) is 0 Å². The Morgan fingerprint density at radius 3 is 1.40 bits per heavy atom. The zero-order chi connectivity index (χ0) is 2.00. The van der Waals surface area contributed by atoms with E-state index in [0.717, 1.165) is 0 Å². The molecule has 4 heteroatoms. The van der Waals surface area contributed by atoms with Gasteiger partial charge in [-0.25, -0.2) is 0 Å². The van der Waals surface area contributed by atoms with Crippen molar-refractivity contribution in [2.75, 3.05) is 0 Å². The van der Waals surface area contributed by atoms with Gasteiger partial charge in [0.05, 0.1) is 0 Å². The van der Waals surface area contributed by atoms with Gasteiger partial charge < -0.3 is 6.22 Å². The van der Waals surface area contributed by atoms with Crippen molar-refractivity contribution in [1.29, 1.82) is 0 Å². The molecule has 0 heterocycles. The quantitative estimate of drug-likeness (QED) is 0.344. The van der Waals surface area contributed by atoms with Gasteiger partial charge in [-0.2, -0.15) is 0 Å². The van der Waals surface area contributed by atoms with E-state index < -0.39 is 0 Å². The van der Waals surface area contributed by atoms with Gasteiger partial charge in [-0.15, -0.1) is 12.4 Å². The van der Waals surface area contributed by atoms with Crippen molar-refractivity contribution in [2.24, 2.45) is 0 Å². The van der Waals surface area contributed by atoms with Gasteiger partial charge in [0.1, 0.15) is 6.79 Å². The predicted molar refractivity (Wildman–Crippen MR) is 15.5 cm³/mol. The SMILES string of the molecule is C=O.Cl.[H-].[Na+].[Ni]. The second-order valence-electron chi connectivity index (χ2n) is 0. The van der Waals surface area contributed by atoms with Crippen molar-refractivity contribution in [3.63, 3.8) is 0 Å². The number of rotatable bonds is 0. The predicted octanol–water partition coefficient (Wildman–Crippen LogP) is -2.65. The molecule has 0 saturated heterocycles. The molecule has 0 radical (unpaired) electrons. The average molecular weight is 149 g/mol. The number of carbonyl (C=O) groups is 1. The summed E-state index contributed by atoms with van der Waals surface area (Å²) in [7, 11) is 0. The Kier molecular flexibility index (Phi) is 326. The molecule has 0 rings (SSSR count). The van der Waals surface area contributed by atoms with Crippen LogP contribution in [0, 0.1) is 0 Å². The number of hydrogen-bond donors (Lipinski definition) is 0. The van der Waals surface area contributed by atoms with Crippen molar-refractivity contribution in [1.82, 2.24) is 0 Å². The normalized spacial score (nSPS) is 0.800. The third-order valence-corrected chi connectivity index (χ3v) is 0. The number of halogens is 1. The summed E-state index contributed by atoms with van der Waals surface area (Å²) in [6.07, 6.45) is 0. The van der Waals surface area contributed by atoms with Crippen LogP contribution in [0.25, 0.3) is 0 Å². The van der Waals surface area contributed by atoms with E-state index in [2.05, 4.69) is 0 Å². The Bertz CT molecular complexity index is 15.5. The van der Waals surface area contributed by atoms with Crippen LogP contribution in [0.5, 0.6) is 0 Å². The van der Waals surface area contributed by atoms with Crippen molar-refractivity contribution in [3.05, 3.63) is 0 Å². The molecule has 0 fully saturated rings. The van der Waals surface area contributed by atoms with Crippen LogP contribution >= 0.6 is 12.4 Å². The summed E-state index contributed by atoms with van der Waals surface area (Å²) in [5.74, 6) is 0. The first-order valence-electron chi connectivity index (χ1n) is 0.289. The van der Waals surface area contributed by atoms with E-state index in [-0.39, 0.29) is 59.9 Å². The Labute approximate surface area is 71.0 Å². The van der Waals surface area contributed by atoms with Gasteiger partial charge in [0.25, 0.3) is 0 Å². The average Bonchev–Trinajstić information content (AvgIpc) is 1.00. The minimum atomic E-state index is 0. The summed E-state index contributed by atoms with van der Waals surface area (Å²) in [6.45, 7) is 2.00. The van der Waals surface area contributed by atoms with Crippen LogP contribution in [0.2, 0.25) is 0 Å². The summed E-state index contributed by atoms with van der Waals surface area (Å²) < 4.78 is 0. The molecule has 0 spiro atoms. The first-order valence-corrected chi connectivity index (χ1v) is 0.289. The fraction of sp³-hybridized carbons (Fsp3) is 0. The van der Waals surface area contributed by atoms with E-state index in [1.807, 2.05) is 6.79 Å². The molecule has 0 aromatic carbocycles. The largest absolute Gasteiger partial charge is 1.00 e. The maximum absolute atomic E-state index is 8.00. The van der Waals surface area contributed by atoms with E-state index in [0.29, 0.717) is 0 Å². The van der Waals surface area contributed by atoms with Crippen LogP contribution in [-0.4, -0.2) is 6.79 Å². The van der Waals surface area contributed by atoms with E-state index in [4.69, 9.17) is 4.79 Å². The molecule has 32 valence electrons. The zero-order valence-corrected chi connectivity index (χ0v) is 6.64. The van der Waals surface area contributed by atoms with Gasteiger partial charge in [0, 0.05) is 16.5 Å². The summed E-state index contributed by atoms with van der Waals surface area (Å²) in [5, 5.41) is 0. The van der Waals surface area contributed by atoms with Gasteiger partial charge in [-0.05, 0) is 0 Å². The van der Waals surface area contributed by atoms with E-state index in [1.54, 1.807) is 0 Å². The maximum atomic E-state index is 8.00. The smallest absolute Gasteiger partial charge is 1.00 e. The molecule has 0 unspecified atom stereocenters. The van der Waals surface area contributed by atoms with E-state index in [1.165, 1.54) is 0 Å². The summed E-state index contributed by atoms with van der Waals surface area (Å²) in [5.41, 5.74) is 0. The first kappa shape index (κ1) is 31.9. The monoisotopic (exact) mass is 148 g/mol. The second kappa shape index (κ2) is 51.2. The molecule has 0 saturated carbocycles. The van der Waals surface area contributed by atoms with Gasteiger partial charge in [0.15, 0.2) is 0 Å². The first-order chi connectivity index (χ1) is 1.00.